The van der Waals surface area contributed by atoms with Crippen LogP contribution in [0.1, 0.15) is 40.7 Å². The third-order valence-electron chi connectivity index (χ3n) is 5.05. The largest absolute Gasteiger partial charge is 0.497 e. The molecule has 0 radical (unpaired) electrons. The minimum absolute atomic E-state index is 0.185. The summed E-state index contributed by atoms with van der Waals surface area (Å²) in [5.41, 5.74) is 0.132. The molecule has 1 fully saturated rings. The fourth-order valence-corrected chi connectivity index (χ4v) is 3.46. The van der Waals surface area contributed by atoms with E-state index in [1.165, 1.54) is 12.1 Å². The highest BCUT2D eigenvalue weighted by Gasteiger charge is 2.35. The molecule has 0 saturated carbocycles. The molecule has 1 amide bonds. The van der Waals surface area contributed by atoms with Crippen LogP contribution in [0.2, 0.25) is 0 Å². The van der Waals surface area contributed by atoms with Gasteiger partial charge in [-0.25, -0.2) is 0 Å². The van der Waals surface area contributed by atoms with Gasteiger partial charge < -0.3 is 14.2 Å². The smallest absolute Gasteiger partial charge is 0.416 e. The summed E-state index contributed by atoms with van der Waals surface area (Å²) < 4.78 is 48.8. The lowest BCUT2D eigenvalue weighted by Gasteiger charge is -2.22. The van der Waals surface area contributed by atoms with E-state index in [1.54, 1.807) is 36.3 Å². The van der Waals surface area contributed by atoms with Crippen molar-refractivity contribution in [3.8, 4) is 17.1 Å². The molecule has 4 rings (SSSR count). The standard InChI is InChI=1S/C21H18F3N3O3/c1-29-16-10-6-13(7-11-16)18-25-19(30-26-18)17-3-2-12-27(17)20(28)14-4-8-15(9-5-14)21(22,23)24/h4-11,17H,2-3,12H2,1H3/t17-/m0/s1. The van der Waals surface area contributed by atoms with Gasteiger partial charge in [-0.1, -0.05) is 5.16 Å². The Morgan fingerprint density at radius 1 is 1.13 bits per heavy atom. The van der Waals surface area contributed by atoms with E-state index in [-0.39, 0.29) is 11.5 Å². The van der Waals surface area contributed by atoms with E-state index in [0.29, 0.717) is 30.4 Å². The number of hydrogen-bond donors (Lipinski definition) is 0. The molecular formula is C21H18F3N3O3. The summed E-state index contributed by atoms with van der Waals surface area (Å²) in [6.45, 7) is 0.463. The first-order valence-corrected chi connectivity index (χ1v) is 9.33. The molecule has 2 aromatic carbocycles. The molecule has 0 aliphatic carbocycles. The van der Waals surface area contributed by atoms with Crippen LogP contribution in [0.5, 0.6) is 5.75 Å². The highest BCUT2D eigenvalue weighted by Crippen LogP contribution is 2.34. The molecular weight excluding hydrogens is 399 g/mol. The lowest BCUT2D eigenvalue weighted by Crippen LogP contribution is -2.30. The van der Waals surface area contributed by atoms with Gasteiger partial charge in [-0.15, -0.1) is 0 Å². The lowest BCUT2D eigenvalue weighted by atomic mass is 10.1. The van der Waals surface area contributed by atoms with E-state index in [9.17, 15) is 18.0 Å². The van der Waals surface area contributed by atoms with Gasteiger partial charge in [0.1, 0.15) is 11.8 Å². The summed E-state index contributed by atoms with van der Waals surface area (Å²) in [6.07, 6.45) is -3.08. The Bertz CT molecular complexity index is 1030. The Kier molecular flexibility index (Phi) is 5.19. The van der Waals surface area contributed by atoms with Gasteiger partial charge in [-0.3, -0.25) is 4.79 Å². The Morgan fingerprint density at radius 2 is 1.83 bits per heavy atom. The second-order valence-corrected chi connectivity index (χ2v) is 6.92. The average Bonchev–Trinajstić information content (AvgIpc) is 3.42. The van der Waals surface area contributed by atoms with Crippen LogP contribution in [0.25, 0.3) is 11.4 Å². The van der Waals surface area contributed by atoms with Gasteiger partial charge in [0.05, 0.1) is 12.7 Å². The number of hydrogen-bond acceptors (Lipinski definition) is 5. The maximum atomic E-state index is 12.9. The predicted octanol–water partition coefficient (Wildman–Crippen LogP) is 4.74. The van der Waals surface area contributed by atoms with Crippen molar-refractivity contribution in [2.24, 2.45) is 0 Å². The van der Waals surface area contributed by atoms with Crippen molar-refractivity contribution >= 4 is 5.91 Å². The van der Waals surface area contributed by atoms with E-state index in [0.717, 1.165) is 24.1 Å². The van der Waals surface area contributed by atoms with Gasteiger partial charge in [0.25, 0.3) is 5.91 Å². The molecule has 2 heterocycles. The van der Waals surface area contributed by atoms with Crippen molar-refractivity contribution in [1.82, 2.24) is 15.0 Å². The molecule has 1 aromatic heterocycles. The normalized spacial score (nSPS) is 16.7. The van der Waals surface area contributed by atoms with Crippen molar-refractivity contribution in [3.63, 3.8) is 0 Å². The topological polar surface area (TPSA) is 68.5 Å². The summed E-state index contributed by atoms with van der Waals surface area (Å²) in [4.78, 5) is 18.9. The minimum atomic E-state index is -4.45. The zero-order chi connectivity index (χ0) is 21.3. The van der Waals surface area contributed by atoms with E-state index < -0.39 is 17.8 Å². The van der Waals surface area contributed by atoms with Gasteiger partial charge in [-0.2, -0.15) is 18.2 Å². The molecule has 1 saturated heterocycles. The van der Waals surface area contributed by atoms with Crippen molar-refractivity contribution in [2.75, 3.05) is 13.7 Å². The summed E-state index contributed by atoms with van der Waals surface area (Å²) >= 11 is 0. The Hall–Kier alpha value is -3.36. The quantitative estimate of drug-likeness (QED) is 0.613. The zero-order valence-corrected chi connectivity index (χ0v) is 16.0. The molecule has 6 nitrogen and oxygen atoms in total. The number of benzene rings is 2. The zero-order valence-electron chi connectivity index (χ0n) is 16.0. The lowest BCUT2D eigenvalue weighted by molar-refractivity contribution is -0.137. The monoisotopic (exact) mass is 417 g/mol. The van der Waals surface area contributed by atoms with Gasteiger partial charge >= 0.3 is 6.18 Å². The average molecular weight is 417 g/mol. The maximum absolute atomic E-state index is 12.9. The summed E-state index contributed by atoms with van der Waals surface area (Å²) in [6, 6.07) is 10.9. The number of carbonyl (C=O) groups excluding carboxylic acids is 1. The highest BCUT2D eigenvalue weighted by molar-refractivity contribution is 5.94. The highest BCUT2D eigenvalue weighted by atomic mass is 19.4. The number of ether oxygens (including phenoxy) is 1. The molecule has 0 spiro atoms. The van der Waals surface area contributed by atoms with Crippen LogP contribution in [-0.4, -0.2) is 34.6 Å². The van der Waals surface area contributed by atoms with Gasteiger partial charge in [0, 0.05) is 17.7 Å². The van der Waals surface area contributed by atoms with Crippen molar-refractivity contribution in [1.29, 1.82) is 0 Å². The number of amides is 1. The van der Waals surface area contributed by atoms with Crippen LogP contribution in [0.3, 0.4) is 0 Å². The number of halogens is 3. The van der Waals surface area contributed by atoms with Crippen LogP contribution < -0.4 is 4.74 Å². The molecule has 0 unspecified atom stereocenters. The first-order chi connectivity index (χ1) is 14.4. The number of carbonyl (C=O) groups is 1. The predicted molar refractivity (Wildman–Crippen MR) is 101 cm³/mol. The first kappa shape index (κ1) is 19.9. The van der Waals surface area contributed by atoms with Crippen molar-refractivity contribution in [2.45, 2.75) is 25.1 Å². The molecule has 1 atom stereocenters. The van der Waals surface area contributed by atoms with Crippen LogP contribution in [0.4, 0.5) is 13.2 Å². The van der Waals surface area contributed by atoms with Crippen molar-refractivity contribution < 1.29 is 27.2 Å². The summed E-state index contributed by atoms with van der Waals surface area (Å²) in [5.74, 6) is 1.03. The first-order valence-electron chi connectivity index (χ1n) is 9.33. The van der Waals surface area contributed by atoms with E-state index >= 15 is 0 Å². The van der Waals surface area contributed by atoms with Crippen molar-refractivity contribution in [3.05, 3.63) is 65.5 Å². The van der Waals surface area contributed by atoms with Crippen LogP contribution in [-0.2, 0) is 6.18 Å². The number of rotatable bonds is 4. The molecule has 0 N–H and O–H groups in total. The SMILES string of the molecule is COc1ccc(-c2noc([C@@H]3CCCN3C(=O)c3ccc(C(F)(F)F)cc3)n2)cc1. The molecule has 9 heteroatoms. The molecule has 1 aliphatic rings. The van der Waals surface area contributed by atoms with E-state index in [2.05, 4.69) is 10.1 Å². The maximum Gasteiger partial charge on any atom is 0.416 e. The molecule has 156 valence electrons. The molecule has 3 aromatic rings. The minimum Gasteiger partial charge on any atom is -0.497 e. The van der Waals surface area contributed by atoms with E-state index in [1.807, 2.05) is 0 Å². The van der Waals surface area contributed by atoms with Crippen LogP contribution >= 0.6 is 0 Å². The second-order valence-electron chi connectivity index (χ2n) is 6.92. The van der Waals surface area contributed by atoms with Gasteiger partial charge in [0.2, 0.25) is 11.7 Å². The second kappa shape index (κ2) is 7.81. The Labute approximate surface area is 170 Å². The Morgan fingerprint density at radius 3 is 2.47 bits per heavy atom. The third-order valence-corrected chi connectivity index (χ3v) is 5.05. The number of nitrogens with zero attached hydrogens (tertiary/aromatic N) is 3. The summed E-state index contributed by atoms with van der Waals surface area (Å²) in [7, 11) is 1.57. The third kappa shape index (κ3) is 3.87. The number of alkyl halides is 3. The van der Waals surface area contributed by atoms with Gasteiger partial charge in [-0.05, 0) is 61.4 Å². The number of methoxy groups -OCH3 is 1. The Balaban J connectivity index is 1.53. The number of aromatic nitrogens is 2. The molecule has 0 bridgehead atoms. The molecule has 30 heavy (non-hydrogen) atoms. The number of likely N-dealkylation sites (tertiary alicyclic amines) is 1. The fraction of sp³-hybridized carbons (Fsp3) is 0.286. The van der Waals surface area contributed by atoms with Crippen LogP contribution in [0.15, 0.2) is 53.1 Å². The fourth-order valence-electron chi connectivity index (χ4n) is 3.46. The van der Waals surface area contributed by atoms with Gasteiger partial charge in [0.15, 0.2) is 0 Å². The molecule has 1 aliphatic heterocycles. The van der Waals surface area contributed by atoms with Crippen LogP contribution in [0, 0.1) is 0 Å². The van der Waals surface area contributed by atoms with E-state index in [4.69, 9.17) is 9.26 Å². The summed E-state index contributed by atoms with van der Waals surface area (Å²) in [5, 5.41) is 4.00.